The monoisotopic (exact) mass is 2040 g/mol. The maximum atomic E-state index is 15.0. The fraction of sp³-hybridized carbons (Fsp3) is 0.909. The number of methoxy groups -OCH3 is 1. The number of rotatable bonds is 40. The molecule has 10 heterocycles. The Hall–Kier alpha value is -5.69. The van der Waals surface area contributed by atoms with Crippen LogP contribution >= 0.6 is 0 Å². The van der Waals surface area contributed by atoms with Gasteiger partial charge < -0.3 is 264 Å². The number of amides is 5. The van der Waals surface area contributed by atoms with Crippen LogP contribution in [0.3, 0.4) is 0 Å². The van der Waals surface area contributed by atoms with Crippen molar-refractivity contribution in [3.05, 3.63) is 0 Å². The first-order chi connectivity index (χ1) is 65.5. The number of carbonyl (C=O) groups excluding carboxylic acids is 5. The third-order valence-electron chi connectivity index (χ3n) is 25.0. The summed E-state index contributed by atoms with van der Waals surface area (Å²) in [6.07, 6.45) is -107. The molecule has 10 rings (SSSR count). The highest BCUT2D eigenvalue weighted by molar-refractivity contribution is 5.78. The van der Waals surface area contributed by atoms with E-state index in [0.29, 0.717) is 0 Å². The standard InChI is InChI=1S/C77H125F2N5O55/c1-19(94)80-36-26(99)7-76(74(116)117,136-59(36)41(101)24(78)9-85)138-62-45(105)30(13-89)122-70(54(62)114)131-57-33(16-92)127-67(39(49(57)109)83-22(4)97)134-64-51(111)43(103)28(11-87)124-72(64)121-18-35-47(107)61(53(113)69(129-35)130-56-32(15-91)126-66(120-6)38(48(56)108)82-21(3)96)133-73-65(52(112)44(104)29(12-88)125-73)135-68-40(84-23(5)98)50(110)58(34(17-93)128-68)132-71-55(115)63(46(106)31(14-90)123-71)139-77(75(118)119)8-27(100)37(81-20(2)95)60(137-77)42(102)25(79)10-86/h24-73,85-93,99-115H,7-18H2,1-6H3,(H,80,94)(H,81,95)(H,82,96)(H,83,97)(H,84,98)(H,116,117)(H,118,119)/t24-,25-,26?,27?,28?,29?,30?,31?,32?,33?,34?,35?,36?,37?,38?,39?,40?,41+,42+,43?,44?,45?,46?,47?,48?,49?,50?,51?,52?,53?,54?,55?,56?,57?,58?,59?,60?,61?,62?,63?,64?,65?,66?,67?,68?,69?,70?,71?,72?,73?,76?,77?/m0/s1. The molecule has 52 atom stereocenters. The van der Waals surface area contributed by atoms with Crippen LogP contribution in [0.5, 0.6) is 0 Å². The van der Waals surface area contributed by atoms with Crippen LogP contribution in [0, 0.1) is 0 Å². The Morgan fingerprint density at radius 1 is 0.317 bits per heavy atom. The number of carbonyl (C=O) groups is 7. The molecule has 5 amide bonds. The highest BCUT2D eigenvalue weighted by atomic mass is 19.1. The molecule has 62 heteroatoms. The van der Waals surface area contributed by atoms with Crippen molar-refractivity contribution in [2.45, 2.75) is 366 Å². The van der Waals surface area contributed by atoms with Gasteiger partial charge in [0.05, 0.1) is 90.4 Å². The molecule has 60 nitrogen and oxygen atoms in total. The number of hydrogen-bond donors (Lipinski definition) is 33. The van der Waals surface area contributed by atoms with Crippen molar-refractivity contribution in [3.8, 4) is 0 Å². The molecular weight excluding hydrogens is 1910 g/mol. The van der Waals surface area contributed by atoms with E-state index >= 15 is 8.78 Å². The molecule has 0 aromatic carbocycles. The van der Waals surface area contributed by atoms with E-state index in [1.54, 1.807) is 0 Å². The first kappa shape index (κ1) is 115. The summed E-state index contributed by atoms with van der Waals surface area (Å²) in [4.78, 5) is 90.1. The van der Waals surface area contributed by atoms with Crippen molar-refractivity contribution >= 4 is 41.5 Å². The summed E-state index contributed by atoms with van der Waals surface area (Å²) in [6, 6.07) is -9.57. The lowest BCUT2D eigenvalue weighted by atomic mass is 9.88. The Kier molecular flexibility index (Phi) is 41.2. The van der Waals surface area contributed by atoms with Gasteiger partial charge in [-0.25, -0.2) is 18.4 Å². The maximum absolute atomic E-state index is 15.0. The van der Waals surface area contributed by atoms with Crippen LogP contribution in [-0.2, 0) is 128 Å². The number of aliphatic hydroxyl groups excluding tert-OH is 26. The van der Waals surface area contributed by atoms with Gasteiger partial charge in [0, 0.05) is 54.6 Å². The summed E-state index contributed by atoms with van der Waals surface area (Å²) in [7, 11) is 1.07. The highest BCUT2D eigenvalue weighted by Gasteiger charge is 2.66. The molecule has 0 radical (unpaired) electrons. The molecule has 10 aliphatic rings. The summed E-state index contributed by atoms with van der Waals surface area (Å²) < 4.78 is 148. The summed E-state index contributed by atoms with van der Waals surface area (Å²) in [5, 5.41) is 328. The fourth-order valence-corrected chi connectivity index (χ4v) is 17.9. The zero-order chi connectivity index (χ0) is 103. The van der Waals surface area contributed by atoms with Crippen LogP contribution < -0.4 is 26.6 Å². The summed E-state index contributed by atoms with van der Waals surface area (Å²) in [6.45, 7) is -8.32. The lowest BCUT2D eigenvalue weighted by molar-refractivity contribution is -0.400. The Morgan fingerprint density at radius 2 is 0.583 bits per heavy atom. The van der Waals surface area contributed by atoms with Crippen molar-refractivity contribution in [2.24, 2.45) is 0 Å². The van der Waals surface area contributed by atoms with Crippen LogP contribution in [0.2, 0.25) is 0 Å². The van der Waals surface area contributed by atoms with Gasteiger partial charge in [0.25, 0.3) is 11.6 Å². The average molecular weight is 2040 g/mol. The topological polar surface area (TPSA) is 931 Å². The molecule has 0 spiro atoms. The first-order valence-electron chi connectivity index (χ1n) is 43.7. The minimum absolute atomic E-state index is 0.820. The summed E-state index contributed by atoms with van der Waals surface area (Å²) >= 11 is 0. The van der Waals surface area contributed by atoms with E-state index in [0.717, 1.165) is 41.7 Å². The summed E-state index contributed by atoms with van der Waals surface area (Å²) in [5.74, 6) is -16.0. The lowest BCUT2D eigenvalue weighted by Gasteiger charge is -2.51. The molecule has 0 aromatic rings. The van der Waals surface area contributed by atoms with E-state index in [-0.39, 0.29) is 0 Å². The van der Waals surface area contributed by atoms with Crippen LogP contribution in [-0.4, -0.2) is 576 Å². The van der Waals surface area contributed by atoms with E-state index in [1.807, 2.05) is 0 Å². The minimum atomic E-state index is -3.39. The molecule has 10 saturated heterocycles. The normalized spacial score (nSPS) is 45.9. The van der Waals surface area contributed by atoms with Gasteiger partial charge in [-0.1, -0.05) is 0 Å². The third kappa shape index (κ3) is 25.4. The second-order valence-corrected chi connectivity index (χ2v) is 34.7. The number of hydrogen-bond acceptors (Lipinski definition) is 53. The predicted molar refractivity (Wildman–Crippen MR) is 425 cm³/mol. The number of carboxylic acid groups (broad SMARTS) is 2. The molecule has 10 fully saturated rings. The van der Waals surface area contributed by atoms with E-state index in [1.165, 1.54) is 0 Å². The van der Waals surface area contributed by atoms with Crippen LogP contribution in [0.25, 0.3) is 0 Å². The van der Waals surface area contributed by atoms with E-state index in [4.69, 9.17) is 94.7 Å². The number of aliphatic hydroxyl groups is 26. The predicted octanol–water partition coefficient (Wildman–Crippen LogP) is -21.1. The van der Waals surface area contributed by atoms with Crippen molar-refractivity contribution in [2.75, 3.05) is 73.2 Å². The molecule has 48 unspecified atom stereocenters. The van der Waals surface area contributed by atoms with Gasteiger partial charge in [0.15, 0.2) is 62.7 Å². The zero-order valence-corrected chi connectivity index (χ0v) is 74.7. The molecular formula is C77H125F2N5O55. The van der Waals surface area contributed by atoms with Crippen molar-refractivity contribution in [1.29, 1.82) is 0 Å². The number of halogens is 2. The quantitative estimate of drug-likeness (QED) is 0.0271. The van der Waals surface area contributed by atoms with Gasteiger partial charge in [0.1, 0.15) is 220 Å². The van der Waals surface area contributed by atoms with Crippen molar-refractivity contribution in [3.63, 3.8) is 0 Å². The minimum Gasteiger partial charge on any atom is -0.477 e. The van der Waals surface area contributed by atoms with Gasteiger partial charge in [0.2, 0.25) is 29.5 Å². The average Bonchev–Trinajstić information content (AvgIpc) is 0.752. The second-order valence-electron chi connectivity index (χ2n) is 34.7. The zero-order valence-electron chi connectivity index (χ0n) is 74.7. The van der Waals surface area contributed by atoms with Crippen molar-refractivity contribution < 1.29 is 280 Å². The van der Waals surface area contributed by atoms with Gasteiger partial charge in [-0.15, -0.1) is 0 Å². The second kappa shape index (κ2) is 49.7. The van der Waals surface area contributed by atoms with Crippen molar-refractivity contribution in [1.82, 2.24) is 26.6 Å². The molecule has 0 aromatic heterocycles. The number of aliphatic carboxylic acids is 2. The Balaban J connectivity index is 0.937. The van der Waals surface area contributed by atoms with Gasteiger partial charge >= 0.3 is 11.9 Å². The molecule has 10 aliphatic heterocycles. The highest BCUT2D eigenvalue weighted by Crippen LogP contribution is 2.45. The maximum Gasteiger partial charge on any atom is 0.364 e. The van der Waals surface area contributed by atoms with E-state index in [9.17, 15) is 177 Å². The molecule has 0 bridgehead atoms. The summed E-state index contributed by atoms with van der Waals surface area (Å²) in [5.41, 5.74) is 0. The van der Waals surface area contributed by atoms with Gasteiger partial charge in [-0.2, -0.15) is 0 Å². The molecule has 33 N–H and O–H groups in total. The van der Waals surface area contributed by atoms with Gasteiger partial charge in [-0.05, 0) is 0 Å². The third-order valence-corrected chi connectivity index (χ3v) is 25.0. The van der Waals surface area contributed by atoms with E-state index < -0.39 is 438 Å². The number of ether oxygens (including phenoxy) is 20. The number of nitrogens with one attached hydrogen (secondary N) is 5. The Morgan fingerprint density at radius 3 is 0.906 bits per heavy atom. The molecule has 0 aliphatic carbocycles. The Bertz CT molecular complexity index is 3960. The largest absolute Gasteiger partial charge is 0.477 e. The smallest absolute Gasteiger partial charge is 0.364 e. The lowest BCUT2D eigenvalue weighted by Crippen LogP contribution is -2.71. The number of alkyl halides is 2. The fourth-order valence-electron chi connectivity index (χ4n) is 17.9. The molecule has 802 valence electrons. The van der Waals surface area contributed by atoms with Gasteiger partial charge in [-0.3, -0.25) is 24.0 Å². The SMILES string of the molecule is COC1OC(CO)C(OC2OC(COC3OC(CO)C(O)C(O)C3OC3OC(CO)C(OC4OC(CO)C(O)C(OC5(C(=O)O)CC(O)C(NC(C)=O)C([C@H](O)[C@@H](F)CO)O5)C4O)C(O)C3NC(C)=O)C(O)C(OC3OC(CO)C(O)C(O)C3OC3OC(CO)C(OC4OC(CO)C(O)C(OC5(C(=O)O)CC(O)C(NC(C)=O)C([C@H](O)[C@@H](F)CO)O5)C4O)C(O)C3NC(C)=O)C2O)C(O)C1NC(C)=O. The van der Waals surface area contributed by atoms with Crippen LogP contribution in [0.4, 0.5) is 8.78 Å². The molecule has 0 saturated carbocycles. The van der Waals surface area contributed by atoms with Crippen LogP contribution in [0.15, 0.2) is 0 Å². The van der Waals surface area contributed by atoms with Crippen LogP contribution in [0.1, 0.15) is 47.5 Å². The molecule has 139 heavy (non-hydrogen) atoms. The Labute approximate surface area is 784 Å². The number of carboxylic acids is 2. The van der Waals surface area contributed by atoms with E-state index in [2.05, 4.69) is 26.6 Å². The first-order valence-corrected chi connectivity index (χ1v) is 43.7.